The van der Waals surface area contributed by atoms with Crippen LogP contribution < -0.4 is 5.73 Å². The molecule has 3 heteroatoms. The van der Waals surface area contributed by atoms with E-state index in [4.69, 9.17) is 5.73 Å². The Morgan fingerprint density at radius 1 is 1.13 bits per heavy atom. The van der Waals surface area contributed by atoms with Crippen LogP contribution in [0.25, 0.3) is 10.8 Å². The summed E-state index contributed by atoms with van der Waals surface area (Å²) in [5.74, 6) is -1.01. The van der Waals surface area contributed by atoms with Crippen LogP contribution in [0.2, 0.25) is 0 Å². The van der Waals surface area contributed by atoms with Gasteiger partial charge >= 0.3 is 0 Å². The summed E-state index contributed by atoms with van der Waals surface area (Å²) in [6.07, 6.45) is 0.225. The molecule has 2 aromatic carbocycles. The largest absolute Gasteiger partial charge is 0.330 e. The van der Waals surface area contributed by atoms with Crippen LogP contribution in [0.5, 0.6) is 0 Å². The fourth-order valence-electron chi connectivity index (χ4n) is 1.69. The van der Waals surface area contributed by atoms with Crippen LogP contribution in [0.15, 0.2) is 30.3 Å². The molecule has 0 fully saturated rings. The van der Waals surface area contributed by atoms with Crippen LogP contribution in [0, 0.1) is 11.6 Å². The van der Waals surface area contributed by atoms with Crippen molar-refractivity contribution in [1.82, 2.24) is 0 Å². The monoisotopic (exact) mass is 207 g/mol. The molecule has 0 saturated heterocycles. The SMILES string of the molecule is NCCc1c(F)cc2ccccc2c1F. The standard InChI is InChI=1S/C12H11F2N/c13-11-7-8-3-1-2-4-9(8)12(14)10(11)5-6-15/h1-4,7H,5-6,15H2. The molecule has 0 spiro atoms. The van der Waals surface area contributed by atoms with Gasteiger partial charge in [0, 0.05) is 10.9 Å². The number of fused-ring (bicyclic) bond motifs is 1. The number of nitrogens with two attached hydrogens (primary N) is 1. The molecule has 0 aliphatic heterocycles. The second-order valence-corrected chi connectivity index (χ2v) is 3.41. The molecule has 0 saturated carbocycles. The highest BCUT2D eigenvalue weighted by atomic mass is 19.1. The molecule has 0 aromatic heterocycles. The smallest absolute Gasteiger partial charge is 0.137 e. The first-order valence-corrected chi connectivity index (χ1v) is 4.79. The van der Waals surface area contributed by atoms with Gasteiger partial charge in [0.1, 0.15) is 11.6 Å². The molecule has 2 rings (SSSR count). The van der Waals surface area contributed by atoms with Crippen molar-refractivity contribution in [3.63, 3.8) is 0 Å². The number of halogens is 2. The summed E-state index contributed by atoms with van der Waals surface area (Å²) >= 11 is 0. The van der Waals surface area contributed by atoms with E-state index >= 15 is 0 Å². The third-order valence-electron chi connectivity index (χ3n) is 2.43. The van der Waals surface area contributed by atoms with Crippen molar-refractivity contribution >= 4 is 10.8 Å². The fourth-order valence-corrected chi connectivity index (χ4v) is 1.69. The Morgan fingerprint density at radius 3 is 2.60 bits per heavy atom. The first-order chi connectivity index (χ1) is 7.24. The molecule has 78 valence electrons. The maximum absolute atomic E-state index is 13.8. The molecule has 0 atom stereocenters. The molecule has 0 aliphatic carbocycles. The van der Waals surface area contributed by atoms with Gasteiger partial charge in [-0.05, 0) is 24.4 Å². The number of hydrogen-bond donors (Lipinski definition) is 1. The first-order valence-electron chi connectivity index (χ1n) is 4.79. The van der Waals surface area contributed by atoms with Crippen molar-refractivity contribution in [2.24, 2.45) is 5.73 Å². The van der Waals surface area contributed by atoms with Crippen LogP contribution in [0.1, 0.15) is 5.56 Å². The van der Waals surface area contributed by atoms with Crippen molar-refractivity contribution in [2.75, 3.05) is 6.54 Å². The normalized spacial score (nSPS) is 10.9. The summed E-state index contributed by atoms with van der Waals surface area (Å²) in [5.41, 5.74) is 5.39. The van der Waals surface area contributed by atoms with Crippen LogP contribution >= 0.6 is 0 Å². The van der Waals surface area contributed by atoms with E-state index in [9.17, 15) is 8.78 Å². The van der Waals surface area contributed by atoms with Crippen LogP contribution in [-0.4, -0.2) is 6.54 Å². The first kappa shape index (κ1) is 10.1. The van der Waals surface area contributed by atoms with E-state index in [2.05, 4.69) is 0 Å². The molecule has 1 nitrogen and oxygen atoms in total. The molecule has 0 amide bonds. The minimum atomic E-state index is -0.517. The number of hydrogen-bond acceptors (Lipinski definition) is 1. The zero-order valence-corrected chi connectivity index (χ0v) is 8.13. The highest BCUT2D eigenvalue weighted by Gasteiger charge is 2.12. The lowest BCUT2D eigenvalue weighted by Gasteiger charge is -2.06. The molecule has 0 radical (unpaired) electrons. The zero-order chi connectivity index (χ0) is 10.8. The second kappa shape index (κ2) is 3.95. The van der Waals surface area contributed by atoms with E-state index in [0.29, 0.717) is 10.8 Å². The Labute approximate surface area is 86.5 Å². The Balaban J connectivity index is 2.72. The van der Waals surface area contributed by atoms with Crippen molar-refractivity contribution in [3.8, 4) is 0 Å². The van der Waals surface area contributed by atoms with Gasteiger partial charge in [-0.3, -0.25) is 0 Å². The molecular formula is C12H11F2N. The van der Waals surface area contributed by atoms with Crippen molar-refractivity contribution in [2.45, 2.75) is 6.42 Å². The predicted molar refractivity (Wildman–Crippen MR) is 56.6 cm³/mol. The predicted octanol–water partition coefficient (Wildman–Crippen LogP) is 2.62. The van der Waals surface area contributed by atoms with Gasteiger partial charge in [0.2, 0.25) is 0 Å². The van der Waals surface area contributed by atoms with Crippen LogP contribution in [0.3, 0.4) is 0 Å². The van der Waals surface area contributed by atoms with E-state index in [0.717, 1.165) is 0 Å². The van der Waals surface area contributed by atoms with E-state index in [1.165, 1.54) is 6.07 Å². The molecule has 0 heterocycles. The van der Waals surface area contributed by atoms with E-state index < -0.39 is 11.6 Å². The van der Waals surface area contributed by atoms with E-state index in [1.807, 2.05) is 0 Å². The van der Waals surface area contributed by atoms with Gasteiger partial charge in [0.15, 0.2) is 0 Å². The van der Waals surface area contributed by atoms with Crippen LogP contribution in [0.4, 0.5) is 8.78 Å². The van der Waals surface area contributed by atoms with Crippen molar-refractivity contribution in [1.29, 1.82) is 0 Å². The summed E-state index contributed by atoms with van der Waals surface area (Å²) < 4.78 is 27.3. The fraction of sp³-hybridized carbons (Fsp3) is 0.167. The third-order valence-corrected chi connectivity index (χ3v) is 2.43. The Hall–Kier alpha value is -1.48. The highest BCUT2D eigenvalue weighted by Crippen LogP contribution is 2.23. The third kappa shape index (κ3) is 1.70. The lowest BCUT2D eigenvalue weighted by atomic mass is 10.0. The average Bonchev–Trinajstić information content (AvgIpc) is 2.24. The summed E-state index contributed by atoms with van der Waals surface area (Å²) in [4.78, 5) is 0. The van der Waals surface area contributed by atoms with Gasteiger partial charge in [-0.2, -0.15) is 0 Å². The molecule has 0 bridgehead atoms. The quantitative estimate of drug-likeness (QED) is 0.804. The topological polar surface area (TPSA) is 26.0 Å². The van der Waals surface area contributed by atoms with Crippen molar-refractivity contribution in [3.05, 3.63) is 47.5 Å². The molecule has 0 aliphatic rings. The van der Waals surface area contributed by atoms with Gasteiger partial charge < -0.3 is 5.73 Å². The van der Waals surface area contributed by atoms with Gasteiger partial charge in [-0.1, -0.05) is 24.3 Å². The average molecular weight is 207 g/mol. The van der Waals surface area contributed by atoms with Gasteiger partial charge in [0.25, 0.3) is 0 Å². The van der Waals surface area contributed by atoms with Gasteiger partial charge in [0.05, 0.1) is 0 Å². The summed E-state index contributed by atoms with van der Waals surface area (Å²) in [6.45, 7) is 0.242. The van der Waals surface area contributed by atoms with E-state index in [1.54, 1.807) is 24.3 Å². The summed E-state index contributed by atoms with van der Waals surface area (Å²) in [6, 6.07) is 8.17. The zero-order valence-electron chi connectivity index (χ0n) is 8.13. The van der Waals surface area contributed by atoms with E-state index in [-0.39, 0.29) is 18.5 Å². The molecule has 0 unspecified atom stereocenters. The van der Waals surface area contributed by atoms with Crippen molar-refractivity contribution < 1.29 is 8.78 Å². The maximum Gasteiger partial charge on any atom is 0.137 e. The minimum absolute atomic E-state index is 0.0798. The molecule has 15 heavy (non-hydrogen) atoms. The Morgan fingerprint density at radius 2 is 1.87 bits per heavy atom. The number of rotatable bonds is 2. The Kier molecular flexibility index (Phi) is 2.64. The lowest BCUT2D eigenvalue weighted by Crippen LogP contribution is -2.07. The molecule has 2 N–H and O–H groups in total. The maximum atomic E-state index is 13.8. The molecular weight excluding hydrogens is 196 g/mol. The summed E-state index contributed by atoms with van der Waals surface area (Å²) in [5, 5.41) is 1.02. The Bertz CT molecular complexity index is 494. The van der Waals surface area contributed by atoms with Gasteiger partial charge in [-0.25, -0.2) is 8.78 Å². The second-order valence-electron chi connectivity index (χ2n) is 3.41. The molecule has 2 aromatic rings. The summed E-state index contributed by atoms with van der Waals surface area (Å²) in [7, 11) is 0. The highest BCUT2D eigenvalue weighted by molar-refractivity contribution is 5.83. The van der Waals surface area contributed by atoms with Gasteiger partial charge in [-0.15, -0.1) is 0 Å². The minimum Gasteiger partial charge on any atom is -0.330 e. The lowest BCUT2D eigenvalue weighted by molar-refractivity contribution is 0.564. The van der Waals surface area contributed by atoms with Crippen LogP contribution in [-0.2, 0) is 6.42 Å². The number of benzene rings is 2.